The standard InChI is InChI=1S/C8H4F5N5/c9-7(10,8(11,12)13)6-16-4-18(17-6)3-5(1-14)2-15/h4-5H,3H2. The lowest BCUT2D eigenvalue weighted by molar-refractivity contribution is -0.292. The van der Waals surface area contributed by atoms with Gasteiger partial charge in [0.25, 0.3) is 0 Å². The number of nitrogens with zero attached hydrogens (tertiary/aromatic N) is 5. The maximum atomic E-state index is 12.8. The van der Waals surface area contributed by atoms with Crippen LogP contribution in [0.15, 0.2) is 6.33 Å². The Balaban J connectivity index is 2.95. The molecule has 0 radical (unpaired) electrons. The molecule has 0 unspecified atom stereocenters. The van der Waals surface area contributed by atoms with Crippen LogP contribution >= 0.6 is 0 Å². The molecule has 96 valence electrons. The Morgan fingerprint density at radius 2 is 1.78 bits per heavy atom. The van der Waals surface area contributed by atoms with E-state index in [2.05, 4.69) is 10.1 Å². The van der Waals surface area contributed by atoms with E-state index in [1.165, 1.54) is 12.1 Å². The third-order valence-electron chi connectivity index (χ3n) is 1.85. The summed E-state index contributed by atoms with van der Waals surface area (Å²) in [6.45, 7) is -0.437. The first kappa shape index (κ1) is 13.8. The van der Waals surface area contributed by atoms with Gasteiger partial charge in [-0.1, -0.05) is 0 Å². The molecule has 1 aromatic rings. The van der Waals surface area contributed by atoms with Gasteiger partial charge in [-0.2, -0.15) is 32.5 Å². The van der Waals surface area contributed by atoms with Crippen LogP contribution in [0.1, 0.15) is 5.82 Å². The lowest BCUT2D eigenvalue weighted by Crippen LogP contribution is -2.35. The van der Waals surface area contributed by atoms with Gasteiger partial charge in [0.1, 0.15) is 6.33 Å². The summed E-state index contributed by atoms with van der Waals surface area (Å²) in [4.78, 5) is 2.84. The monoisotopic (exact) mass is 265 g/mol. The predicted octanol–water partition coefficient (Wildman–Crippen LogP) is 1.60. The van der Waals surface area contributed by atoms with Gasteiger partial charge in [-0.3, -0.25) is 4.68 Å². The summed E-state index contributed by atoms with van der Waals surface area (Å²) in [5, 5.41) is 19.8. The number of halogens is 5. The maximum absolute atomic E-state index is 12.8. The highest BCUT2D eigenvalue weighted by Crippen LogP contribution is 2.41. The zero-order valence-electron chi connectivity index (χ0n) is 8.49. The molecule has 10 heteroatoms. The van der Waals surface area contributed by atoms with E-state index in [0.717, 1.165) is 0 Å². The molecule has 1 heterocycles. The minimum Gasteiger partial charge on any atom is -0.250 e. The topological polar surface area (TPSA) is 78.3 Å². The van der Waals surface area contributed by atoms with Crippen LogP contribution < -0.4 is 0 Å². The number of aromatic nitrogens is 3. The van der Waals surface area contributed by atoms with Crippen molar-refractivity contribution in [1.29, 1.82) is 10.5 Å². The fourth-order valence-corrected chi connectivity index (χ4v) is 0.951. The second-order valence-corrected chi connectivity index (χ2v) is 3.17. The van der Waals surface area contributed by atoms with Crippen molar-refractivity contribution in [2.45, 2.75) is 18.6 Å². The van der Waals surface area contributed by atoms with Crippen molar-refractivity contribution in [3.63, 3.8) is 0 Å². The SMILES string of the molecule is N#CC(C#N)Cn1cnc(C(F)(F)C(F)(F)F)n1. The molecule has 0 atom stereocenters. The number of hydrogen-bond acceptors (Lipinski definition) is 4. The van der Waals surface area contributed by atoms with Crippen LogP contribution in [-0.2, 0) is 12.5 Å². The van der Waals surface area contributed by atoms with Crippen molar-refractivity contribution in [2.24, 2.45) is 5.92 Å². The Morgan fingerprint density at radius 3 is 2.22 bits per heavy atom. The summed E-state index contributed by atoms with van der Waals surface area (Å²) in [7, 11) is 0. The highest BCUT2D eigenvalue weighted by atomic mass is 19.4. The van der Waals surface area contributed by atoms with Crippen molar-refractivity contribution in [3.05, 3.63) is 12.2 Å². The lowest BCUT2D eigenvalue weighted by atomic mass is 10.2. The summed E-state index contributed by atoms with van der Waals surface area (Å²) < 4.78 is 62.1. The fraction of sp³-hybridized carbons (Fsp3) is 0.500. The highest BCUT2D eigenvalue weighted by molar-refractivity contribution is 5.01. The Kier molecular flexibility index (Phi) is 3.51. The summed E-state index contributed by atoms with van der Waals surface area (Å²) in [5.74, 6) is -8.10. The van der Waals surface area contributed by atoms with Crippen molar-refractivity contribution in [3.8, 4) is 12.1 Å². The minimum atomic E-state index is -5.80. The van der Waals surface area contributed by atoms with Crippen LogP contribution in [-0.4, -0.2) is 20.9 Å². The maximum Gasteiger partial charge on any atom is 0.461 e. The van der Waals surface area contributed by atoms with E-state index >= 15 is 0 Å². The van der Waals surface area contributed by atoms with Crippen LogP contribution in [0.2, 0.25) is 0 Å². The van der Waals surface area contributed by atoms with Gasteiger partial charge in [0.2, 0.25) is 5.82 Å². The van der Waals surface area contributed by atoms with E-state index in [1.54, 1.807) is 0 Å². The Labute approximate surface area is 97.1 Å². The molecule has 0 bridgehead atoms. The van der Waals surface area contributed by atoms with Gasteiger partial charge in [-0.25, -0.2) is 4.98 Å². The number of rotatable bonds is 3. The number of alkyl halides is 5. The van der Waals surface area contributed by atoms with E-state index in [4.69, 9.17) is 10.5 Å². The lowest BCUT2D eigenvalue weighted by Gasteiger charge is -2.15. The molecule has 0 N–H and O–H groups in total. The van der Waals surface area contributed by atoms with E-state index in [0.29, 0.717) is 11.0 Å². The van der Waals surface area contributed by atoms with Gasteiger partial charge in [-0.15, -0.1) is 5.10 Å². The molecular weight excluding hydrogens is 261 g/mol. The molecule has 0 aliphatic rings. The summed E-state index contributed by atoms with van der Waals surface area (Å²) >= 11 is 0. The first-order valence-corrected chi connectivity index (χ1v) is 4.36. The molecular formula is C8H4F5N5. The zero-order chi connectivity index (χ0) is 14.0. The predicted molar refractivity (Wildman–Crippen MR) is 44.7 cm³/mol. The molecule has 0 saturated carbocycles. The molecule has 0 aliphatic carbocycles. The van der Waals surface area contributed by atoms with Crippen LogP contribution in [0.4, 0.5) is 22.0 Å². The fourth-order valence-electron chi connectivity index (χ4n) is 0.951. The second kappa shape index (κ2) is 4.56. The average molecular weight is 265 g/mol. The molecule has 0 saturated heterocycles. The molecule has 0 amide bonds. The van der Waals surface area contributed by atoms with Crippen LogP contribution in [0, 0.1) is 28.6 Å². The first-order valence-electron chi connectivity index (χ1n) is 4.36. The second-order valence-electron chi connectivity index (χ2n) is 3.17. The molecule has 0 fully saturated rings. The molecule has 1 aromatic heterocycles. The highest BCUT2D eigenvalue weighted by Gasteiger charge is 2.61. The third-order valence-corrected chi connectivity index (χ3v) is 1.85. The summed E-state index contributed by atoms with van der Waals surface area (Å²) in [6, 6.07) is 3.04. The normalized spacial score (nSPS) is 12.2. The van der Waals surface area contributed by atoms with Crippen molar-refractivity contribution >= 4 is 0 Å². The van der Waals surface area contributed by atoms with Gasteiger partial charge >= 0.3 is 12.1 Å². The Bertz CT molecular complexity index is 491. The molecule has 5 nitrogen and oxygen atoms in total. The quantitative estimate of drug-likeness (QED) is 0.777. The van der Waals surface area contributed by atoms with Crippen molar-refractivity contribution in [1.82, 2.24) is 14.8 Å². The van der Waals surface area contributed by atoms with Gasteiger partial charge in [-0.05, 0) is 0 Å². The van der Waals surface area contributed by atoms with Gasteiger partial charge in [0.15, 0.2) is 5.92 Å². The molecule has 0 aromatic carbocycles. The van der Waals surface area contributed by atoms with E-state index in [9.17, 15) is 22.0 Å². The van der Waals surface area contributed by atoms with E-state index < -0.39 is 30.4 Å². The molecule has 18 heavy (non-hydrogen) atoms. The van der Waals surface area contributed by atoms with Crippen LogP contribution in [0.3, 0.4) is 0 Å². The van der Waals surface area contributed by atoms with Gasteiger partial charge in [0, 0.05) is 0 Å². The zero-order valence-corrected chi connectivity index (χ0v) is 8.49. The number of hydrogen-bond donors (Lipinski definition) is 0. The van der Waals surface area contributed by atoms with E-state index in [-0.39, 0.29) is 0 Å². The Hall–Kier alpha value is -2.23. The first-order chi connectivity index (χ1) is 8.22. The molecule has 0 spiro atoms. The summed E-state index contributed by atoms with van der Waals surface area (Å²) in [5.41, 5.74) is 0. The van der Waals surface area contributed by atoms with Crippen molar-refractivity contribution in [2.75, 3.05) is 0 Å². The molecule has 0 aliphatic heterocycles. The Morgan fingerprint density at radius 1 is 1.22 bits per heavy atom. The minimum absolute atomic E-state index is 0.437. The third kappa shape index (κ3) is 2.53. The average Bonchev–Trinajstić information content (AvgIpc) is 2.73. The molecule has 1 rings (SSSR count). The summed E-state index contributed by atoms with van der Waals surface area (Å²) in [6.07, 6.45) is -5.19. The van der Waals surface area contributed by atoms with Crippen LogP contribution in [0.5, 0.6) is 0 Å². The van der Waals surface area contributed by atoms with Gasteiger partial charge < -0.3 is 0 Å². The smallest absolute Gasteiger partial charge is 0.250 e. The largest absolute Gasteiger partial charge is 0.461 e. The van der Waals surface area contributed by atoms with Crippen molar-refractivity contribution < 1.29 is 22.0 Å². The van der Waals surface area contributed by atoms with E-state index in [1.807, 2.05) is 0 Å². The van der Waals surface area contributed by atoms with Crippen LogP contribution in [0.25, 0.3) is 0 Å². The number of nitriles is 2. The van der Waals surface area contributed by atoms with Gasteiger partial charge in [0.05, 0.1) is 18.7 Å².